The molecule has 0 spiro atoms. The molecule has 1 atom stereocenters. The predicted molar refractivity (Wildman–Crippen MR) is 60.4 cm³/mol. The molecule has 1 unspecified atom stereocenters. The number of methoxy groups -OCH3 is 1. The molecule has 7 nitrogen and oxygen atoms in total. The van der Waals surface area contributed by atoms with Crippen molar-refractivity contribution in [3.05, 3.63) is 0 Å². The summed E-state index contributed by atoms with van der Waals surface area (Å²) in [4.78, 5) is 21.8. The quantitative estimate of drug-likeness (QED) is 0.585. The second-order valence-corrected chi connectivity index (χ2v) is 5.64. The van der Waals surface area contributed by atoms with Crippen LogP contribution in [0.5, 0.6) is 0 Å². The fourth-order valence-electron chi connectivity index (χ4n) is 1.11. The Morgan fingerprint density at radius 2 is 2.00 bits per heavy atom. The molecule has 0 saturated heterocycles. The summed E-state index contributed by atoms with van der Waals surface area (Å²) in [7, 11) is -2.21. The van der Waals surface area contributed by atoms with Crippen LogP contribution in [0.25, 0.3) is 0 Å². The molecule has 8 heteroatoms. The zero-order chi connectivity index (χ0) is 13.5. The van der Waals surface area contributed by atoms with Crippen molar-refractivity contribution < 1.29 is 27.9 Å². The maximum absolute atomic E-state index is 11.3. The molecule has 0 fully saturated rings. The molecule has 0 aliphatic heterocycles. The molecule has 0 radical (unpaired) electrons. The van der Waals surface area contributed by atoms with Gasteiger partial charge < -0.3 is 15.2 Å². The van der Waals surface area contributed by atoms with E-state index < -0.39 is 33.6 Å². The average molecular weight is 267 g/mol. The molecule has 17 heavy (non-hydrogen) atoms. The fraction of sp³-hybridized carbons (Fsp3) is 0.778. The van der Waals surface area contributed by atoms with Crippen molar-refractivity contribution in [2.24, 2.45) is 0 Å². The molecular weight excluding hydrogens is 250 g/mol. The van der Waals surface area contributed by atoms with Crippen LogP contribution in [0.1, 0.15) is 13.3 Å². The summed E-state index contributed by atoms with van der Waals surface area (Å²) in [5, 5.41) is 10.8. The standard InChI is InChI=1S/C9H17NO6S/c1-3-4-17(14,15)6-8(11)10-5-7(16-2)9(12)13/h7H,3-6H2,1-2H3,(H,10,11)(H,12,13). The van der Waals surface area contributed by atoms with Crippen LogP contribution in [0.3, 0.4) is 0 Å². The number of carboxylic acid groups (broad SMARTS) is 1. The number of amides is 1. The lowest BCUT2D eigenvalue weighted by Gasteiger charge is -2.11. The zero-order valence-electron chi connectivity index (χ0n) is 9.80. The van der Waals surface area contributed by atoms with Gasteiger partial charge in [-0.2, -0.15) is 0 Å². The number of hydrogen-bond acceptors (Lipinski definition) is 5. The van der Waals surface area contributed by atoms with E-state index in [1.54, 1.807) is 6.92 Å². The van der Waals surface area contributed by atoms with E-state index >= 15 is 0 Å². The summed E-state index contributed by atoms with van der Waals surface area (Å²) >= 11 is 0. The van der Waals surface area contributed by atoms with Gasteiger partial charge in [0.05, 0.1) is 12.3 Å². The molecule has 0 aromatic carbocycles. The Labute approximate surface area is 100 Å². The highest BCUT2D eigenvalue weighted by molar-refractivity contribution is 7.92. The number of sulfone groups is 1. The Balaban J connectivity index is 4.16. The van der Waals surface area contributed by atoms with Gasteiger partial charge in [-0.15, -0.1) is 0 Å². The number of ether oxygens (including phenoxy) is 1. The van der Waals surface area contributed by atoms with E-state index in [-0.39, 0.29) is 12.3 Å². The zero-order valence-corrected chi connectivity index (χ0v) is 10.6. The van der Waals surface area contributed by atoms with E-state index in [0.29, 0.717) is 6.42 Å². The monoisotopic (exact) mass is 267 g/mol. The van der Waals surface area contributed by atoms with Gasteiger partial charge in [-0.25, -0.2) is 13.2 Å². The second-order valence-electron chi connectivity index (χ2n) is 3.46. The van der Waals surface area contributed by atoms with Gasteiger partial charge in [0.1, 0.15) is 5.75 Å². The first-order valence-electron chi connectivity index (χ1n) is 5.05. The Bertz CT molecular complexity index is 364. The third-order valence-electron chi connectivity index (χ3n) is 1.91. The van der Waals surface area contributed by atoms with Crippen LogP contribution in [-0.2, 0) is 24.2 Å². The molecule has 0 aliphatic rings. The molecule has 0 aromatic heterocycles. The van der Waals surface area contributed by atoms with Crippen molar-refractivity contribution in [2.45, 2.75) is 19.4 Å². The van der Waals surface area contributed by atoms with Gasteiger partial charge >= 0.3 is 5.97 Å². The van der Waals surface area contributed by atoms with E-state index in [1.165, 1.54) is 7.11 Å². The molecular formula is C9H17NO6S. The highest BCUT2D eigenvalue weighted by Gasteiger charge is 2.20. The minimum Gasteiger partial charge on any atom is -0.479 e. The van der Waals surface area contributed by atoms with Crippen LogP contribution in [0.2, 0.25) is 0 Å². The van der Waals surface area contributed by atoms with Gasteiger partial charge in [-0.05, 0) is 6.42 Å². The van der Waals surface area contributed by atoms with Crippen molar-refractivity contribution in [1.82, 2.24) is 5.32 Å². The maximum atomic E-state index is 11.3. The molecule has 0 aliphatic carbocycles. The molecule has 1 amide bonds. The van der Waals surface area contributed by atoms with Crippen LogP contribution in [0.4, 0.5) is 0 Å². The summed E-state index contributed by atoms with van der Waals surface area (Å²) in [6.07, 6.45) is -0.737. The van der Waals surface area contributed by atoms with Crippen molar-refractivity contribution in [1.29, 1.82) is 0 Å². The van der Waals surface area contributed by atoms with Crippen LogP contribution in [-0.4, -0.2) is 56.7 Å². The Kier molecular flexibility index (Phi) is 6.74. The van der Waals surface area contributed by atoms with Crippen molar-refractivity contribution in [3.8, 4) is 0 Å². The van der Waals surface area contributed by atoms with E-state index in [4.69, 9.17) is 5.11 Å². The Morgan fingerprint density at radius 1 is 1.41 bits per heavy atom. The molecule has 2 N–H and O–H groups in total. The number of aliphatic carboxylic acids is 1. The largest absolute Gasteiger partial charge is 0.479 e. The average Bonchev–Trinajstić information content (AvgIpc) is 2.16. The number of carboxylic acids is 1. The van der Waals surface area contributed by atoms with Gasteiger partial charge in [-0.1, -0.05) is 6.92 Å². The number of rotatable bonds is 8. The first-order chi connectivity index (χ1) is 7.82. The molecule has 0 heterocycles. The Morgan fingerprint density at radius 3 is 2.41 bits per heavy atom. The lowest BCUT2D eigenvalue weighted by atomic mass is 10.3. The fourth-order valence-corrected chi connectivity index (χ4v) is 2.38. The van der Waals surface area contributed by atoms with E-state index in [2.05, 4.69) is 10.1 Å². The minimum absolute atomic E-state index is 0.0624. The molecule has 0 rings (SSSR count). The van der Waals surface area contributed by atoms with Crippen molar-refractivity contribution in [3.63, 3.8) is 0 Å². The molecule has 0 aromatic rings. The van der Waals surface area contributed by atoms with Crippen LogP contribution < -0.4 is 5.32 Å². The van der Waals surface area contributed by atoms with Crippen LogP contribution >= 0.6 is 0 Å². The summed E-state index contributed by atoms with van der Waals surface area (Å²) in [5.74, 6) is -2.63. The van der Waals surface area contributed by atoms with E-state index in [1.807, 2.05) is 0 Å². The normalized spacial score (nSPS) is 13.1. The predicted octanol–water partition coefficient (Wildman–Crippen LogP) is -0.973. The van der Waals surface area contributed by atoms with Gasteiger partial charge in [0, 0.05) is 7.11 Å². The second kappa shape index (κ2) is 7.23. The lowest BCUT2D eigenvalue weighted by Crippen LogP contribution is -2.40. The van der Waals surface area contributed by atoms with E-state index in [0.717, 1.165) is 0 Å². The highest BCUT2D eigenvalue weighted by Crippen LogP contribution is 1.94. The van der Waals surface area contributed by atoms with Gasteiger partial charge in [0.25, 0.3) is 0 Å². The summed E-state index contributed by atoms with van der Waals surface area (Å²) in [6, 6.07) is 0. The van der Waals surface area contributed by atoms with Crippen LogP contribution in [0, 0.1) is 0 Å². The third-order valence-corrected chi connectivity index (χ3v) is 3.64. The van der Waals surface area contributed by atoms with Crippen LogP contribution in [0.15, 0.2) is 0 Å². The summed E-state index contributed by atoms with van der Waals surface area (Å²) < 4.78 is 27.1. The number of nitrogens with one attached hydrogen (secondary N) is 1. The van der Waals surface area contributed by atoms with E-state index in [9.17, 15) is 18.0 Å². The Hall–Kier alpha value is -1.15. The third kappa shape index (κ3) is 6.90. The van der Waals surface area contributed by atoms with Gasteiger partial charge in [0.2, 0.25) is 5.91 Å². The SMILES string of the molecule is CCCS(=O)(=O)CC(=O)NCC(OC)C(=O)O. The van der Waals surface area contributed by atoms with Crippen molar-refractivity contribution >= 4 is 21.7 Å². The number of carbonyl (C=O) groups is 2. The first-order valence-corrected chi connectivity index (χ1v) is 6.87. The smallest absolute Gasteiger partial charge is 0.334 e. The molecule has 0 saturated carbocycles. The topological polar surface area (TPSA) is 110 Å². The maximum Gasteiger partial charge on any atom is 0.334 e. The van der Waals surface area contributed by atoms with Crippen molar-refractivity contribution in [2.75, 3.05) is 25.2 Å². The van der Waals surface area contributed by atoms with Gasteiger partial charge in [-0.3, -0.25) is 4.79 Å². The number of carbonyl (C=O) groups excluding carboxylic acids is 1. The first kappa shape index (κ1) is 15.9. The molecule has 0 bridgehead atoms. The summed E-state index contributed by atoms with van der Waals surface area (Å²) in [5.41, 5.74) is 0. The number of hydrogen-bond donors (Lipinski definition) is 2. The lowest BCUT2D eigenvalue weighted by molar-refractivity contribution is -0.148. The highest BCUT2D eigenvalue weighted by atomic mass is 32.2. The van der Waals surface area contributed by atoms with Gasteiger partial charge in [0.15, 0.2) is 15.9 Å². The minimum atomic E-state index is -3.41. The molecule has 100 valence electrons. The summed E-state index contributed by atoms with van der Waals surface area (Å²) in [6.45, 7) is 1.44.